The number of ether oxygens (including phenoxy) is 5. The Labute approximate surface area is 251 Å². The minimum Gasteiger partial charge on any atom is -0.497 e. The second kappa shape index (κ2) is 12.6. The molecule has 3 N–H and O–H groups in total. The molecule has 2 aromatic carbocycles. The van der Waals surface area contributed by atoms with Gasteiger partial charge >= 0.3 is 11.9 Å². The van der Waals surface area contributed by atoms with Gasteiger partial charge < -0.3 is 47.6 Å². The van der Waals surface area contributed by atoms with Crippen LogP contribution in [0.3, 0.4) is 0 Å². The molecule has 0 aliphatic heterocycles. The smallest absolute Gasteiger partial charge is 0.354 e. The van der Waals surface area contributed by atoms with E-state index in [0.717, 1.165) is 11.1 Å². The second-order valence-electron chi connectivity index (χ2n) is 9.30. The van der Waals surface area contributed by atoms with E-state index in [1.807, 2.05) is 24.3 Å². The van der Waals surface area contributed by atoms with Crippen molar-refractivity contribution in [1.29, 1.82) is 0 Å². The molecule has 6 aromatic rings. The SMILES string of the molecule is CCOC(=O)c1cc2oc(-c3cc(OC)ccc3OC)cc2[nH]1.COc1ccc(OC)c(-c2cc3[nH]c(C(=O)O)cc3o2)c1. The highest BCUT2D eigenvalue weighted by atomic mass is 16.5. The van der Waals surface area contributed by atoms with Gasteiger partial charge in [0.15, 0.2) is 11.2 Å². The summed E-state index contributed by atoms with van der Waals surface area (Å²) >= 11 is 0. The van der Waals surface area contributed by atoms with Crippen LogP contribution in [0.25, 0.3) is 44.8 Å². The van der Waals surface area contributed by atoms with Gasteiger partial charge in [-0.1, -0.05) is 0 Å². The third-order valence-electron chi connectivity index (χ3n) is 6.68. The van der Waals surface area contributed by atoms with Crippen molar-refractivity contribution in [3.8, 4) is 45.6 Å². The Morgan fingerprint density at radius 2 is 1.16 bits per heavy atom. The summed E-state index contributed by atoms with van der Waals surface area (Å²) in [5, 5.41) is 8.93. The highest BCUT2D eigenvalue weighted by Crippen LogP contribution is 2.38. The topological polar surface area (TPSA) is 158 Å². The van der Waals surface area contributed by atoms with Crippen LogP contribution >= 0.6 is 0 Å². The van der Waals surface area contributed by atoms with Gasteiger partial charge in [0.25, 0.3) is 0 Å². The van der Waals surface area contributed by atoms with Crippen LogP contribution in [0.4, 0.5) is 0 Å². The summed E-state index contributed by atoms with van der Waals surface area (Å²) in [4.78, 5) is 28.4. The number of aromatic carboxylic acids is 1. The predicted octanol–water partition coefficient (Wildman–Crippen LogP) is 6.77. The van der Waals surface area contributed by atoms with Gasteiger partial charge in [-0.15, -0.1) is 0 Å². The molecule has 0 fully saturated rings. The fourth-order valence-corrected chi connectivity index (χ4v) is 4.56. The molecule has 0 bridgehead atoms. The standard InChI is InChI=1S/C17H17NO5.C15H13NO5/c1-4-22-17(19)13-9-16-12(18-13)8-15(23-16)11-7-10(20-2)5-6-14(11)21-3;1-19-8-3-4-12(20-2)9(5-8)13-6-10-14(21-13)7-11(16-10)15(17)18/h5-9,18H,4H2,1-3H3;3-7,16H,1-2H3,(H,17,18). The van der Waals surface area contributed by atoms with Crippen molar-refractivity contribution in [1.82, 2.24) is 9.97 Å². The van der Waals surface area contributed by atoms with Crippen molar-refractivity contribution < 1.29 is 47.2 Å². The quantitative estimate of drug-likeness (QED) is 0.151. The molecule has 228 valence electrons. The summed E-state index contributed by atoms with van der Waals surface area (Å²) in [7, 11) is 6.35. The zero-order valence-corrected chi connectivity index (χ0v) is 24.6. The van der Waals surface area contributed by atoms with Gasteiger partial charge in [0.05, 0.1) is 57.2 Å². The van der Waals surface area contributed by atoms with Crippen LogP contribution < -0.4 is 18.9 Å². The van der Waals surface area contributed by atoms with E-state index < -0.39 is 11.9 Å². The van der Waals surface area contributed by atoms with Crippen LogP contribution in [0.2, 0.25) is 0 Å². The first kappa shape index (κ1) is 29.7. The largest absolute Gasteiger partial charge is 0.497 e. The number of esters is 1. The number of carboxylic acid groups (broad SMARTS) is 1. The second-order valence-corrected chi connectivity index (χ2v) is 9.30. The molecule has 0 aliphatic rings. The van der Waals surface area contributed by atoms with Crippen molar-refractivity contribution in [2.75, 3.05) is 35.0 Å². The Balaban J connectivity index is 0.000000175. The third kappa shape index (κ3) is 5.91. The number of fused-ring (bicyclic) bond motifs is 2. The average molecular weight is 603 g/mol. The number of carbonyl (C=O) groups is 2. The number of carbonyl (C=O) groups excluding carboxylic acids is 1. The molecule has 4 heterocycles. The molecule has 0 radical (unpaired) electrons. The number of H-pyrrole nitrogens is 2. The van der Waals surface area contributed by atoms with E-state index in [0.29, 0.717) is 69.0 Å². The number of aromatic nitrogens is 2. The maximum Gasteiger partial charge on any atom is 0.354 e. The van der Waals surface area contributed by atoms with E-state index in [9.17, 15) is 9.59 Å². The van der Waals surface area contributed by atoms with Crippen LogP contribution in [-0.4, -0.2) is 62.1 Å². The molecule has 12 heteroatoms. The van der Waals surface area contributed by atoms with Gasteiger partial charge in [0.2, 0.25) is 0 Å². The molecule has 44 heavy (non-hydrogen) atoms. The van der Waals surface area contributed by atoms with Crippen LogP contribution in [0.1, 0.15) is 27.9 Å². The number of methoxy groups -OCH3 is 4. The third-order valence-corrected chi connectivity index (χ3v) is 6.68. The molecule has 0 saturated heterocycles. The van der Waals surface area contributed by atoms with Gasteiger partial charge in [0.1, 0.15) is 45.9 Å². The van der Waals surface area contributed by atoms with Gasteiger partial charge in [-0.25, -0.2) is 9.59 Å². The Morgan fingerprint density at radius 1 is 0.682 bits per heavy atom. The normalized spacial score (nSPS) is 10.8. The number of aromatic amines is 2. The van der Waals surface area contributed by atoms with Gasteiger partial charge in [-0.3, -0.25) is 0 Å². The van der Waals surface area contributed by atoms with Gasteiger partial charge in [0, 0.05) is 24.3 Å². The van der Waals surface area contributed by atoms with Crippen molar-refractivity contribution in [3.63, 3.8) is 0 Å². The van der Waals surface area contributed by atoms with Gasteiger partial charge in [-0.2, -0.15) is 0 Å². The Morgan fingerprint density at radius 3 is 1.57 bits per heavy atom. The Hall–Kier alpha value is -5.78. The summed E-state index contributed by atoms with van der Waals surface area (Å²) in [6.07, 6.45) is 0. The first-order valence-electron chi connectivity index (χ1n) is 13.4. The van der Waals surface area contributed by atoms with Gasteiger partial charge in [-0.05, 0) is 43.3 Å². The summed E-state index contributed by atoms with van der Waals surface area (Å²) in [6.45, 7) is 2.09. The number of rotatable bonds is 9. The van der Waals surface area contributed by atoms with E-state index >= 15 is 0 Å². The molecule has 0 spiro atoms. The van der Waals surface area contributed by atoms with E-state index in [4.69, 9.17) is 37.6 Å². The van der Waals surface area contributed by atoms with Crippen LogP contribution in [0.15, 0.2) is 69.5 Å². The lowest BCUT2D eigenvalue weighted by Gasteiger charge is -2.08. The van der Waals surface area contributed by atoms with E-state index in [-0.39, 0.29) is 5.69 Å². The zero-order chi connectivity index (χ0) is 31.4. The molecule has 4 aromatic heterocycles. The van der Waals surface area contributed by atoms with Crippen molar-refractivity contribution in [2.24, 2.45) is 0 Å². The van der Waals surface area contributed by atoms with Crippen LogP contribution in [0.5, 0.6) is 23.0 Å². The molecular formula is C32H30N2O10. The Bertz CT molecular complexity index is 1880. The highest BCUT2D eigenvalue weighted by Gasteiger charge is 2.18. The molecule has 0 amide bonds. The number of furan rings is 2. The average Bonchev–Trinajstić information content (AvgIpc) is 3.81. The monoisotopic (exact) mass is 602 g/mol. The first-order valence-corrected chi connectivity index (χ1v) is 13.4. The lowest BCUT2D eigenvalue weighted by Crippen LogP contribution is -2.04. The maximum absolute atomic E-state index is 11.7. The number of hydrogen-bond donors (Lipinski definition) is 3. The Kier molecular flexibility index (Phi) is 8.51. The number of carboxylic acids is 1. The lowest BCUT2D eigenvalue weighted by molar-refractivity contribution is 0.0520. The minimum atomic E-state index is -1.03. The molecular weight excluding hydrogens is 572 g/mol. The molecule has 0 saturated carbocycles. The number of benzene rings is 2. The molecule has 0 atom stereocenters. The van der Waals surface area contributed by atoms with Crippen LogP contribution in [0, 0.1) is 0 Å². The molecule has 0 aliphatic carbocycles. The predicted molar refractivity (Wildman–Crippen MR) is 161 cm³/mol. The summed E-state index contributed by atoms with van der Waals surface area (Å²) < 4.78 is 37.6. The van der Waals surface area contributed by atoms with Crippen LogP contribution in [-0.2, 0) is 4.74 Å². The summed E-state index contributed by atoms with van der Waals surface area (Å²) in [5.74, 6) is 2.46. The number of hydrogen-bond acceptors (Lipinski definition) is 9. The summed E-state index contributed by atoms with van der Waals surface area (Å²) in [5.41, 5.74) is 4.35. The first-order chi connectivity index (χ1) is 21.3. The molecule has 6 rings (SSSR count). The maximum atomic E-state index is 11.7. The van der Waals surface area contributed by atoms with Crippen molar-refractivity contribution >= 4 is 34.1 Å². The minimum absolute atomic E-state index is 0.0907. The molecule has 12 nitrogen and oxygen atoms in total. The lowest BCUT2D eigenvalue weighted by atomic mass is 10.1. The summed E-state index contributed by atoms with van der Waals surface area (Å²) in [6, 6.07) is 17.5. The van der Waals surface area contributed by atoms with Crippen molar-refractivity contribution in [3.05, 3.63) is 72.1 Å². The fraction of sp³-hybridized carbons (Fsp3) is 0.188. The zero-order valence-electron chi connectivity index (χ0n) is 24.6. The van der Waals surface area contributed by atoms with E-state index in [1.54, 1.807) is 65.7 Å². The van der Waals surface area contributed by atoms with E-state index in [1.165, 1.54) is 6.07 Å². The fourth-order valence-electron chi connectivity index (χ4n) is 4.56. The van der Waals surface area contributed by atoms with E-state index in [2.05, 4.69) is 9.97 Å². The number of nitrogens with one attached hydrogen (secondary N) is 2. The highest BCUT2D eigenvalue weighted by molar-refractivity contribution is 5.95. The van der Waals surface area contributed by atoms with Crippen molar-refractivity contribution in [2.45, 2.75) is 6.92 Å². The molecule has 0 unspecified atom stereocenters.